The van der Waals surface area contributed by atoms with Crippen LogP contribution in [0.5, 0.6) is 0 Å². The number of rotatable bonds is 3. The molecule has 2 rings (SSSR count). The van der Waals surface area contributed by atoms with Gasteiger partial charge in [-0.15, -0.1) is 0 Å². The SMILES string of the molecule is CS(=O)(=O)C1=CC=C(OC2CCCC2)CC1. The Kier molecular flexibility index (Phi) is 3.38. The van der Waals surface area contributed by atoms with Crippen LogP contribution in [0.2, 0.25) is 0 Å². The first-order valence-electron chi connectivity index (χ1n) is 5.82. The molecule has 2 aliphatic carbocycles. The molecule has 4 heteroatoms. The molecule has 0 spiro atoms. The summed E-state index contributed by atoms with van der Waals surface area (Å²) in [5.74, 6) is 0.944. The number of sulfone groups is 1. The number of hydrogen-bond acceptors (Lipinski definition) is 3. The molecule has 0 unspecified atom stereocenters. The topological polar surface area (TPSA) is 43.4 Å². The fourth-order valence-electron chi connectivity index (χ4n) is 2.23. The third-order valence-corrected chi connectivity index (χ3v) is 4.46. The summed E-state index contributed by atoms with van der Waals surface area (Å²) in [5.41, 5.74) is 0. The molecular weight excluding hydrogens is 224 g/mol. The van der Waals surface area contributed by atoms with Crippen LogP contribution in [-0.2, 0) is 14.6 Å². The molecule has 0 bridgehead atoms. The molecule has 0 aliphatic heterocycles. The first-order valence-corrected chi connectivity index (χ1v) is 7.71. The summed E-state index contributed by atoms with van der Waals surface area (Å²) in [7, 11) is -3.02. The Morgan fingerprint density at radius 2 is 1.88 bits per heavy atom. The Morgan fingerprint density at radius 3 is 2.38 bits per heavy atom. The van der Waals surface area contributed by atoms with Gasteiger partial charge in [-0.25, -0.2) is 8.42 Å². The highest BCUT2D eigenvalue weighted by molar-refractivity contribution is 7.94. The van der Waals surface area contributed by atoms with Crippen LogP contribution in [0, 0.1) is 0 Å². The van der Waals surface area contributed by atoms with E-state index in [0.717, 1.165) is 25.0 Å². The molecule has 16 heavy (non-hydrogen) atoms. The molecule has 0 radical (unpaired) electrons. The van der Waals surface area contributed by atoms with Gasteiger partial charge in [-0.1, -0.05) is 0 Å². The third-order valence-electron chi connectivity index (χ3n) is 3.17. The maximum Gasteiger partial charge on any atom is 0.171 e. The van der Waals surface area contributed by atoms with Crippen molar-refractivity contribution in [2.24, 2.45) is 0 Å². The van der Waals surface area contributed by atoms with Crippen LogP contribution in [0.1, 0.15) is 38.5 Å². The monoisotopic (exact) mass is 242 g/mol. The minimum atomic E-state index is -3.02. The summed E-state index contributed by atoms with van der Waals surface area (Å²) >= 11 is 0. The van der Waals surface area contributed by atoms with E-state index in [2.05, 4.69) is 0 Å². The van der Waals surface area contributed by atoms with Crippen LogP contribution in [0.4, 0.5) is 0 Å². The van der Waals surface area contributed by atoms with Crippen molar-refractivity contribution >= 4 is 9.84 Å². The van der Waals surface area contributed by atoms with Crippen molar-refractivity contribution in [3.05, 3.63) is 22.8 Å². The van der Waals surface area contributed by atoms with Gasteiger partial charge in [-0.05, 0) is 44.3 Å². The fraction of sp³-hybridized carbons (Fsp3) is 0.667. The van der Waals surface area contributed by atoms with Gasteiger partial charge in [0.2, 0.25) is 0 Å². The minimum absolute atomic E-state index is 0.361. The largest absolute Gasteiger partial charge is 0.495 e. The maximum absolute atomic E-state index is 11.3. The second-order valence-electron chi connectivity index (χ2n) is 4.56. The molecular formula is C12H18O3S. The average Bonchev–Trinajstić information content (AvgIpc) is 2.70. The molecule has 0 amide bonds. The lowest BCUT2D eigenvalue weighted by Crippen LogP contribution is -2.10. The van der Waals surface area contributed by atoms with Crippen LogP contribution in [-0.4, -0.2) is 20.8 Å². The smallest absolute Gasteiger partial charge is 0.171 e. The molecule has 0 atom stereocenters. The molecule has 0 aromatic carbocycles. The van der Waals surface area contributed by atoms with Crippen LogP contribution in [0.25, 0.3) is 0 Å². The second-order valence-corrected chi connectivity index (χ2v) is 6.63. The molecule has 1 fully saturated rings. The van der Waals surface area contributed by atoms with E-state index in [4.69, 9.17) is 4.74 Å². The lowest BCUT2D eigenvalue weighted by molar-refractivity contribution is 0.115. The highest BCUT2D eigenvalue weighted by Crippen LogP contribution is 2.28. The van der Waals surface area contributed by atoms with E-state index in [9.17, 15) is 8.42 Å². The van der Waals surface area contributed by atoms with Gasteiger partial charge < -0.3 is 4.74 Å². The predicted octanol–water partition coefficient (Wildman–Crippen LogP) is 2.55. The highest BCUT2D eigenvalue weighted by atomic mass is 32.2. The highest BCUT2D eigenvalue weighted by Gasteiger charge is 2.20. The third kappa shape index (κ3) is 2.88. The first-order chi connectivity index (χ1) is 7.55. The molecule has 0 heterocycles. The van der Waals surface area contributed by atoms with Gasteiger partial charge in [0.25, 0.3) is 0 Å². The Morgan fingerprint density at radius 1 is 1.19 bits per heavy atom. The zero-order chi connectivity index (χ0) is 11.6. The quantitative estimate of drug-likeness (QED) is 0.764. The average molecular weight is 242 g/mol. The van der Waals surface area contributed by atoms with Crippen molar-refractivity contribution in [1.82, 2.24) is 0 Å². The van der Waals surface area contributed by atoms with Gasteiger partial charge in [0.05, 0.1) is 11.9 Å². The fourth-order valence-corrected chi connectivity index (χ4v) is 3.01. The summed E-state index contributed by atoms with van der Waals surface area (Å²) in [6.07, 6.45) is 11.2. The number of hydrogen-bond donors (Lipinski definition) is 0. The Bertz CT molecular complexity index is 412. The molecule has 0 aromatic heterocycles. The summed E-state index contributed by atoms with van der Waals surface area (Å²) in [6.45, 7) is 0. The van der Waals surface area contributed by atoms with Crippen LogP contribution in [0.15, 0.2) is 22.8 Å². The van der Waals surface area contributed by atoms with E-state index >= 15 is 0 Å². The Labute approximate surface area is 97.1 Å². The van der Waals surface area contributed by atoms with Gasteiger partial charge in [-0.3, -0.25) is 0 Å². The van der Waals surface area contributed by atoms with Gasteiger partial charge in [0, 0.05) is 17.6 Å². The van der Waals surface area contributed by atoms with E-state index in [1.165, 1.54) is 19.1 Å². The molecule has 3 nitrogen and oxygen atoms in total. The summed E-state index contributed by atoms with van der Waals surface area (Å²) in [4.78, 5) is 0.520. The number of allylic oxidation sites excluding steroid dienone is 4. The van der Waals surface area contributed by atoms with Crippen molar-refractivity contribution in [3.8, 4) is 0 Å². The summed E-state index contributed by atoms with van der Waals surface area (Å²) in [6, 6.07) is 0. The van der Waals surface area contributed by atoms with Crippen molar-refractivity contribution in [2.75, 3.05) is 6.26 Å². The number of ether oxygens (including phenoxy) is 1. The van der Waals surface area contributed by atoms with Crippen LogP contribution in [0.3, 0.4) is 0 Å². The van der Waals surface area contributed by atoms with Crippen LogP contribution >= 0.6 is 0 Å². The molecule has 1 saturated carbocycles. The molecule has 0 saturated heterocycles. The predicted molar refractivity (Wildman–Crippen MR) is 63.6 cm³/mol. The molecule has 90 valence electrons. The lowest BCUT2D eigenvalue weighted by atomic mass is 10.1. The Balaban J connectivity index is 1.99. The van der Waals surface area contributed by atoms with Gasteiger partial charge in [0.1, 0.15) is 0 Å². The zero-order valence-electron chi connectivity index (χ0n) is 9.61. The van der Waals surface area contributed by atoms with E-state index in [0.29, 0.717) is 17.4 Å². The van der Waals surface area contributed by atoms with Crippen molar-refractivity contribution in [1.29, 1.82) is 0 Å². The lowest BCUT2D eigenvalue weighted by Gasteiger charge is -2.19. The molecule has 0 N–H and O–H groups in total. The molecule has 0 aromatic rings. The van der Waals surface area contributed by atoms with E-state index in [1.54, 1.807) is 6.08 Å². The van der Waals surface area contributed by atoms with Gasteiger partial charge in [0.15, 0.2) is 9.84 Å². The van der Waals surface area contributed by atoms with Crippen molar-refractivity contribution < 1.29 is 13.2 Å². The summed E-state index contributed by atoms with van der Waals surface area (Å²) < 4.78 is 28.4. The standard InChI is InChI=1S/C12H18O3S/c1-16(13,14)12-8-6-11(7-9-12)15-10-4-2-3-5-10/h6,8,10H,2-5,7,9H2,1H3. The van der Waals surface area contributed by atoms with Crippen molar-refractivity contribution in [2.45, 2.75) is 44.6 Å². The van der Waals surface area contributed by atoms with Crippen molar-refractivity contribution in [3.63, 3.8) is 0 Å². The second kappa shape index (κ2) is 4.62. The minimum Gasteiger partial charge on any atom is -0.495 e. The first kappa shape index (κ1) is 11.7. The normalized spacial score (nSPS) is 22.8. The van der Waals surface area contributed by atoms with Crippen LogP contribution < -0.4 is 0 Å². The van der Waals surface area contributed by atoms with E-state index < -0.39 is 9.84 Å². The summed E-state index contributed by atoms with van der Waals surface area (Å²) in [5, 5.41) is 0. The van der Waals surface area contributed by atoms with E-state index in [1.807, 2.05) is 6.08 Å². The van der Waals surface area contributed by atoms with Gasteiger partial charge in [-0.2, -0.15) is 0 Å². The maximum atomic E-state index is 11.3. The molecule has 2 aliphatic rings. The van der Waals surface area contributed by atoms with E-state index in [-0.39, 0.29) is 0 Å². The zero-order valence-corrected chi connectivity index (χ0v) is 10.4. The van der Waals surface area contributed by atoms with Gasteiger partial charge >= 0.3 is 0 Å². The Hall–Kier alpha value is -0.770.